The lowest BCUT2D eigenvalue weighted by atomic mass is 9.94. The molecule has 1 aromatic carbocycles. The van der Waals surface area contributed by atoms with E-state index in [4.69, 9.17) is 0 Å². The van der Waals surface area contributed by atoms with Crippen LogP contribution in [0.1, 0.15) is 36.1 Å². The van der Waals surface area contributed by atoms with Gasteiger partial charge in [-0.05, 0) is 24.1 Å². The Labute approximate surface area is 142 Å². The first-order valence-corrected chi connectivity index (χ1v) is 7.37. The fourth-order valence-corrected chi connectivity index (χ4v) is 2.94. The summed E-state index contributed by atoms with van der Waals surface area (Å²) >= 11 is 0. The molecule has 2 nitrogen and oxygen atoms in total. The van der Waals surface area contributed by atoms with Crippen LogP contribution in [0.3, 0.4) is 0 Å². The van der Waals surface area contributed by atoms with E-state index in [1.165, 1.54) is 0 Å². The Hall–Kier alpha value is -0.990. The zero-order valence-corrected chi connectivity index (χ0v) is 13.8. The highest BCUT2D eigenvalue weighted by Gasteiger charge is 2.40. The van der Waals surface area contributed by atoms with Crippen LogP contribution in [0, 0.1) is 0 Å². The monoisotopic (exact) mass is 376 g/mol. The lowest BCUT2D eigenvalue weighted by Crippen LogP contribution is -2.45. The van der Waals surface area contributed by atoms with Gasteiger partial charge in [0.25, 0.3) is 0 Å². The van der Waals surface area contributed by atoms with Gasteiger partial charge in [-0.1, -0.05) is 13.0 Å². The maximum Gasteiger partial charge on any atom is 0.416 e. The van der Waals surface area contributed by atoms with Gasteiger partial charge in [0.1, 0.15) is 0 Å². The summed E-state index contributed by atoms with van der Waals surface area (Å²) in [4.78, 5) is 1.88. The minimum Gasteiger partial charge on any atom is -0.314 e. The molecule has 0 unspecified atom stereocenters. The Balaban J connectivity index is 0.00000288. The molecule has 1 aliphatic rings. The maximum absolute atomic E-state index is 13.3. The van der Waals surface area contributed by atoms with Crippen molar-refractivity contribution in [1.29, 1.82) is 0 Å². The van der Waals surface area contributed by atoms with Gasteiger partial charge in [-0.15, -0.1) is 12.4 Å². The molecule has 1 heterocycles. The molecule has 9 heteroatoms. The highest BCUT2D eigenvalue weighted by atomic mass is 35.5. The number of nitrogens with one attached hydrogen (secondary N) is 1. The van der Waals surface area contributed by atoms with Crippen LogP contribution in [0.2, 0.25) is 0 Å². The van der Waals surface area contributed by atoms with Crippen LogP contribution < -0.4 is 5.32 Å². The molecule has 1 fully saturated rings. The molecule has 0 aliphatic carbocycles. The molecule has 1 aromatic rings. The Bertz CT molecular complexity index is 538. The minimum atomic E-state index is -4.82. The van der Waals surface area contributed by atoms with Crippen molar-refractivity contribution in [2.75, 3.05) is 26.2 Å². The molecule has 1 saturated heterocycles. The molecule has 1 atom stereocenters. The van der Waals surface area contributed by atoms with Gasteiger partial charge >= 0.3 is 12.4 Å². The summed E-state index contributed by atoms with van der Waals surface area (Å²) in [5.74, 6) is 0. The second kappa shape index (κ2) is 7.93. The number of benzene rings is 1. The predicted octanol–water partition coefficient (Wildman–Crippen LogP) is 4.50. The molecule has 0 radical (unpaired) electrons. The van der Waals surface area contributed by atoms with Crippen molar-refractivity contribution in [3.63, 3.8) is 0 Å². The molecule has 0 saturated carbocycles. The van der Waals surface area contributed by atoms with Crippen molar-refractivity contribution in [3.8, 4) is 0 Å². The maximum atomic E-state index is 13.3. The zero-order valence-electron chi connectivity index (χ0n) is 13.0. The fourth-order valence-electron chi connectivity index (χ4n) is 2.94. The van der Waals surface area contributed by atoms with E-state index < -0.39 is 29.5 Å². The topological polar surface area (TPSA) is 15.3 Å². The quantitative estimate of drug-likeness (QED) is 0.781. The third-order valence-electron chi connectivity index (χ3n) is 4.02. The number of halogens is 7. The lowest BCUT2D eigenvalue weighted by Gasteiger charge is -2.36. The van der Waals surface area contributed by atoms with Crippen LogP contribution >= 0.6 is 12.4 Å². The van der Waals surface area contributed by atoms with Gasteiger partial charge in [0.15, 0.2) is 0 Å². The molecule has 1 aliphatic heterocycles. The average Bonchev–Trinajstić information content (AvgIpc) is 2.47. The van der Waals surface area contributed by atoms with E-state index in [-0.39, 0.29) is 24.0 Å². The second-order valence-corrected chi connectivity index (χ2v) is 5.51. The standard InChI is InChI=1S/C15H18F6N2.ClH/c1-2-13(23-7-5-22-6-8-23)11-4-3-10(14(16,17)18)9-12(11)15(19,20)21;/h3-4,9,13,22H,2,5-8H2,1H3;1H/t13-;/m0./s1. The van der Waals surface area contributed by atoms with Crippen molar-refractivity contribution in [2.45, 2.75) is 31.7 Å². The smallest absolute Gasteiger partial charge is 0.314 e. The Kier molecular flexibility index (Phi) is 6.95. The van der Waals surface area contributed by atoms with E-state index in [9.17, 15) is 26.3 Å². The van der Waals surface area contributed by atoms with Gasteiger partial charge < -0.3 is 5.32 Å². The van der Waals surface area contributed by atoms with Gasteiger partial charge in [-0.25, -0.2) is 0 Å². The summed E-state index contributed by atoms with van der Waals surface area (Å²) in [6.07, 6.45) is -9.22. The van der Waals surface area contributed by atoms with Crippen molar-refractivity contribution in [3.05, 3.63) is 34.9 Å². The summed E-state index contributed by atoms with van der Waals surface area (Å²) < 4.78 is 78.1. The predicted molar refractivity (Wildman–Crippen MR) is 81.2 cm³/mol. The fraction of sp³-hybridized carbons (Fsp3) is 0.600. The number of alkyl halides is 6. The molecule has 0 bridgehead atoms. The molecule has 2 rings (SSSR count). The third kappa shape index (κ3) is 4.77. The summed E-state index contributed by atoms with van der Waals surface area (Å²) in [5.41, 5.74) is -2.56. The van der Waals surface area contributed by atoms with Gasteiger partial charge in [0.2, 0.25) is 0 Å². The summed E-state index contributed by atoms with van der Waals surface area (Å²) in [5, 5.41) is 3.11. The van der Waals surface area contributed by atoms with Crippen LogP contribution in [0.25, 0.3) is 0 Å². The Morgan fingerprint density at radius 2 is 1.62 bits per heavy atom. The number of hydrogen-bond acceptors (Lipinski definition) is 2. The Morgan fingerprint density at radius 3 is 2.08 bits per heavy atom. The first kappa shape index (κ1) is 21.1. The summed E-state index contributed by atoms with van der Waals surface area (Å²) in [7, 11) is 0. The molecule has 0 amide bonds. The van der Waals surface area contributed by atoms with Gasteiger partial charge in [-0.2, -0.15) is 26.3 Å². The molecule has 0 aromatic heterocycles. The normalized spacial score (nSPS) is 18.1. The minimum absolute atomic E-state index is 0. The van der Waals surface area contributed by atoms with E-state index in [2.05, 4.69) is 5.32 Å². The molecular weight excluding hydrogens is 358 g/mol. The molecular formula is C15H19ClF6N2. The van der Waals surface area contributed by atoms with Crippen LogP contribution in [0.4, 0.5) is 26.3 Å². The van der Waals surface area contributed by atoms with Crippen molar-refractivity contribution in [1.82, 2.24) is 10.2 Å². The van der Waals surface area contributed by atoms with Crippen molar-refractivity contribution < 1.29 is 26.3 Å². The van der Waals surface area contributed by atoms with Crippen LogP contribution in [0.15, 0.2) is 18.2 Å². The van der Waals surface area contributed by atoms with Crippen LogP contribution in [-0.4, -0.2) is 31.1 Å². The van der Waals surface area contributed by atoms with E-state index >= 15 is 0 Å². The molecule has 24 heavy (non-hydrogen) atoms. The molecule has 0 spiro atoms. The largest absolute Gasteiger partial charge is 0.416 e. The van der Waals surface area contributed by atoms with E-state index in [1.54, 1.807) is 6.92 Å². The number of hydrogen-bond donors (Lipinski definition) is 1. The van der Waals surface area contributed by atoms with Crippen LogP contribution in [0.5, 0.6) is 0 Å². The number of piperazine rings is 1. The third-order valence-corrected chi connectivity index (χ3v) is 4.02. The van der Waals surface area contributed by atoms with Crippen LogP contribution in [-0.2, 0) is 12.4 Å². The summed E-state index contributed by atoms with van der Waals surface area (Å²) in [6, 6.07) is 1.38. The lowest BCUT2D eigenvalue weighted by molar-refractivity contribution is -0.143. The number of rotatable bonds is 3. The Morgan fingerprint density at radius 1 is 1.04 bits per heavy atom. The number of nitrogens with zero attached hydrogens (tertiary/aromatic N) is 1. The zero-order chi connectivity index (χ0) is 17.3. The SMILES string of the molecule is CC[C@@H](c1ccc(C(F)(F)F)cc1C(F)(F)F)N1CCNCC1.Cl. The highest BCUT2D eigenvalue weighted by Crippen LogP contribution is 2.41. The molecule has 138 valence electrons. The second-order valence-electron chi connectivity index (χ2n) is 5.51. The first-order valence-electron chi connectivity index (χ1n) is 7.37. The summed E-state index contributed by atoms with van der Waals surface area (Å²) in [6.45, 7) is 4.18. The average molecular weight is 377 g/mol. The van der Waals surface area contributed by atoms with Gasteiger partial charge in [0.05, 0.1) is 11.1 Å². The van der Waals surface area contributed by atoms with Gasteiger partial charge in [-0.3, -0.25) is 4.90 Å². The first-order chi connectivity index (χ1) is 10.6. The van der Waals surface area contributed by atoms with E-state index in [0.29, 0.717) is 32.6 Å². The highest BCUT2D eigenvalue weighted by molar-refractivity contribution is 5.85. The van der Waals surface area contributed by atoms with E-state index in [0.717, 1.165) is 12.1 Å². The molecule has 1 N–H and O–H groups in total. The van der Waals surface area contributed by atoms with Gasteiger partial charge in [0, 0.05) is 32.2 Å². The van der Waals surface area contributed by atoms with Crippen molar-refractivity contribution in [2.24, 2.45) is 0 Å². The van der Waals surface area contributed by atoms with Crippen molar-refractivity contribution >= 4 is 12.4 Å². The van der Waals surface area contributed by atoms with E-state index in [1.807, 2.05) is 4.90 Å².